The topological polar surface area (TPSA) is 28.2 Å². The maximum Gasteiger partial charge on any atom is 0.185 e. The molecule has 0 radical (unpaired) electrons. The van der Waals surface area contributed by atoms with Crippen LogP contribution in [0.4, 0.5) is 5.13 Å². The van der Waals surface area contributed by atoms with E-state index in [0.717, 1.165) is 32.1 Å². The van der Waals surface area contributed by atoms with Crippen molar-refractivity contribution < 1.29 is 0 Å². The Hall–Kier alpha value is -0.610. The monoisotopic (exact) mass is 281 g/mol. The number of aromatic nitrogens is 1. The second-order valence-corrected chi connectivity index (χ2v) is 6.37. The predicted octanol–water partition coefficient (Wildman–Crippen LogP) is 3.58. The number of thiazole rings is 1. The van der Waals surface area contributed by atoms with Gasteiger partial charge in [-0.1, -0.05) is 20.3 Å². The van der Waals surface area contributed by atoms with E-state index in [9.17, 15) is 0 Å². The molecule has 1 aliphatic rings. The van der Waals surface area contributed by atoms with Gasteiger partial charge in [0, 0.05) is 30.6 Å². The average Bonchev–Trinajstić information content (AvgIpc) is 3.17. The zero-order chi connectivity index (χ0) is 13.7. The molecule has 1 N–H and O–H groups in total. The molecule has 4 heteroatoms. The molecule has 1 aromatic heterocycles. The molecule has 2 rings (SSSR count). The van der Waals surface area contributed by atoms with Gasteiger partial charge in [-0.05, 0) is 32.6 Å². The van der Waals surface area contributed by atoms with Crippen LogP contribution in [0.5, 0.6) is 0 Å². The van der Waals surface area contributed by atoms with Gasteiger partial charge < -0.3 is 10.2 Å². The van der Waals surface area contributed by atoms with Gasteiger partial charge in [-0.25, -0.2) is 4.98 Å². The number of aryl methyl sites for hydroxylation is 1. The summed E-state index contributed by atoms with van der Waals surface area (Å²) in [6.45, 7) is 9.90. The van der Waals surface area contributed by atoms with Crippen molar-refractivity contribution in [1.82, 2.24) is 10.3 Å². The zero-order valence-corrected chi connectivity index (χ0v) is 13.4. The van der Waals surface area contributed by atoms with Crippen molar-refractivity contribution in [2.24, 2.45) is 0 Å². The van der Waals surface area contributed by atoms with Crippen LogP contribution in [0, 0.1) is 0 Å². The number of hydrogen-bond donors (Lipinski definition) is 1. The minimum absolute atomic E-state index is 0.776. The third kappa shape index (κ3) is 4.18. The fourth-order valence-electron chi connectivity index (χ4n) is 2.18. The van der Waals surface area contributed by atoms with Crippen LogP contribution in [0.15, 0.2) is 0 Å². The van der Waals surface area contributed by atoms with Gasteiger partial charge in [0.1, 0.15) is 0 Å². The van der Waals surface area contributed by atoms with Crippen LogP contribution < -0.4 is 10.2 Å². The van der Waals surface area contributed by atoms with Gasteiger partial charge in [0.15, 0.2) is 5.13 Å². The summed E-state index contributed by atoms with van der Waals surface area (Å²) in [7, 11) is 0. The Morgan fingerprint density at radius 3 is 2.68 bits per heavy atom. The third-order valence-electron chi connectivity index (χ3n) is 3.66. The molecular weight excluding hydrogens is 254 g/mol. The summed E-state index contributed by atoms with van der Waals surface area (Å²) < 4.78 is 0. The zero-order valence-electron chi connectivity index (χ0n) is 12.5. The van der Waals surface area contributed by atoms with Gasteiger partial charge >= 0.3 is 0 Å². The summed E-state index contributed by atoms with van der Waals surface area (Å²) in [5.74, 6) is 0. The Balaban J connectivity index is 2.01. The number of hydrogen-bond acceptors (Lipinski definition) is 4. The van der Waals surface area contributed by atoms with Crippen LogP contribution in [-0.4, -0.2) is 24.1 Å². The summed E-state index contributed by atoms with van der Waals surface area (Å²) >= 11 is 1.89. The molecule has 1 aromatic rings. The summed E-state index contributed by atoms with van der Waals surface area (Å²) in [5, 5.41) is 4.84. The lowest BCUT2D eigenvalue weighted by Crippen LogP contribution is -2.23. The fraction of sp³-hybridized carbons (Fsp3) is 0.800. The summed E-state index contributed by atoms with van der Waals surface area (Å²) in [4.78, 5) is 8.72. The smallest absolute Gasteiger partial charge is 0.185 e. The molecule has 108 valence electrons. The van der Waals surface area contributed by atoms with Crippen LogP contribution in [-0.2, 0) is 13.0 Å². The van der Waals surface area contributed by atoms with E-state index in [1.807, 2.05) is 11.3 Å². The molecule has 1 saturated carbocycles. The lowest BCUT2D eigenvalue weighted by molar-refractivity contribution is 0.689. The quantitative estimate of drug-likeness (QED) is 0.750. The van der Waals surface area contributed by atoms with Crippen LogP contribution in [0.3, 0.4) is 0 Å². The summed E-state index contributed by atoms with van der Waals surface area (Å²) in [5.41, 5.74) is 1.29. The Labute approximate surface area is 121 Å². The Bertz CT molecular complexity index is 385. The maximum absolute atomic E-state index is 4.86. The highest BCUT2D eigenvalue weighted by Gasteiger charge is 2.21. The molecule has 0 amide bonds. The SMILES string of the molecule is CCCCN(CC)c1nc(CC)c(CNC2CC2)s1. The molecule has 0 bridgehead atoms. The van der Waals surface area contributed by atoms with E-state index in [1.165, 1.54) is 41.4 Å². The van der Waals surface area contributed by atoms with E-state index in [1.54, 1.807) is 0 Å². The number of anilines is 1. The van der Waals surface area contributed by atoms with Crippen LogP contribution >= 0.6 is 11.3 Å². The molecule has 0 aromatic carbocycles. The number of rotatable bonds is 9. The first-order chi connectivity index (χ1) is 9.28. The maximum atomic E-state index is 4.86. The molecule has 19 heavy (non-hydrogen) atoms. The van der Waals surface area contributed by atoms with Crippen molar-refractivity contribution >= 4 is 16.5 Å². The van der Waals surface area contributed by atoms with Gasteiger partial charge in [0.2, 0.25) is 0 Å². The lowest BCUT2D eigenvalue weighted by atomic mass is 10.3. The molecule has 1 aliphatic carbocycles. The number of nitrogens with one attached hydrogen (secondary N) is 1. The molecule has 0 aliphatic heterocycles. The second kappa shape index (κ2) is 7.25. The van der Waals surface area contributed by atoms with Gasteiger partial charge in [-0.15, -0.1) is 11.3 Å². The minimum atomic E-state index is 0.776. The van der Waals surface area contributed by atoms with E-state index in [4.69, 9.17) is 4.98 Å². The van der Waals surface area contributed by atoms with Crippen LogP contribution in [0.1, 0.15) is 57.0 Å². The molecule has 0 atom stereocenters. The van der Waals surface area contributed by atoms with E-state index < -0.39 is 0 Å². The van der Waals surface area contributed by atoms with E-state index >= 15 is 0 Å². The molecule has 0 unspecified atom stereocenters. The average molecular weight is 281 g/mol. The Morgan fingerprint density at radius 1 is 1.32 bits per heavy atom. The standard InChI is InChI=1S/C15H27N3S/c1-4-7-10-18(6-3)15-17-13(5-2)14(19-15)11-16-12-8-9-12/h12,16H,4-11H2,1-3H3. The first-order valence-corrected chi connectivity index (χ1v) is 8.57. The first-order valence-electron chi connectivity index (χ1n) is 7.75. The molecule has 1 fully saturated rings. The number of unbranched alkanes of at least 4 members (excludes halogenated alkanes) is 1. The molecule has 1 heterocycles. The van der Waals surface area contributed by atoms with Gasteiger partial charge in [0.25, 0.3) is 0 Å². The fourth-order valence-corrected chi connectivity index (χ4v) is 3.37. The highest BCUT2D eigenvalue weighted by Crippen LogP contribution is 2.28. The highest BCUT2D eigenvalue weighted by molar-refractivity contribution is 7.15. The first kappa shape index (κ1) is 14.8. The van der Waals surface area contributed by atoms with Crippen LogP contribution in [0.2, 0.25) is 0 Å². The second-order valence-electron chi connectivity index (χ2n) is 5.31. The van der Waals surface area contributed by atoms with E-state index in [-0.39, 0.29) is 0 Å². The molecular formula is C15H27N3S. The summed E-state index contributed by atoms with van der Waals surface area (Å²) in [6, 6.07) is 0.776. The van der Waals surface area contributed by atoms with E-state index in [0.29, 0.717) is 0 Å². The largest absolute Gasteiger partial charge is 0.348 e. The van der Waals surface area contributed by atoms with Gasteiger partial charge in [0.05, 0.1) is 5.69 Å². The van der Waals surface area contributed by atoms with Crippen molar-refractivity contribution in [1.29, 1.82) is 0 Å². The molecule has 0 saturated heterocycles. The minimum Gasteiger partial charge on any atom is -0.348 e. The van der Waals surface area contributed by atoms with Gasteiger partial charge in [-0.3, -0.25) is 0 Å². The van der Waals surface area contributed by atoms with Crippen molar-refractivity contribution in [3.8, 4) is 0 Å². The van der Waals surface area contributed by atoms with Crippen LogP contribution in [0.25, 0.3) is 0 Å². The Morgan fingerprint density at radius 2 is 2.11 bits per heavy atom. The van der Waals surface area contributed by atoms with Crippen molar-refractivity contribution in [3.05, 3.63) is 10.6 Å². The predicted molar refractivity (Wildman–Crippen MR) is 84.1 cm³/mol. The summed E-state index contributed by atoms with van der Waals surface area (Å²) in [6.07, 6.45) is 6.25. The lowest BCUT2D eigenvalue weighted by Gasteiger charge is -2.19. The van der Waals surface area contributed by atoms with E-state index in [2.05, 4.69) is 31.0 Å². The number of nitrogens with zero attached hydrogens (tertiary/aromatic N) is 2. The van der Waals surface area contributed by atoms with Crippen molar-refractivity contribution in [2.45, 2.75) is 65.5 Å². The third-order valence-corrected chi connectivity index (χ3v) is 4.82. The normalized spacial score (nSPS) is 14.9. The molecule has 0 spiro atoms. The van der Waals surface area contributed by atoms with Crippen molar-refractivity contribution in [2.75, 3.05) is 18.0 Å². The van der Waals surface area contributed by atoms with Crippen molar-refractivity contribution in [3.63, 3.8) is 0 Å². The molecule has 3 nitrogen and oxygen atoms in total. The van der Waals surface area contributed by atoms with Gasteiger partial charge in [-0.2, -0.15) is 0 Å². The Kier molecular flexibility index (Phi) is 5.64. The highest BCUT2D eigenvalue weighted by atomic mass is 32.1.